The van der Waals surface area contributed by atoms with Gasteiger partial charge in [-0.2, -0.15) is 0 Å². The number of Topliss-reactive ketones (excluding diaryl/α,β-unsaturated/α-hetero) is 1. The molecule has 0 amide bonds. The van der Waals surface area contributed by atoms with Gasteiger partial charge in [-0.25, -0.2) is 0 Å². The van der Waals surface area contributed by atoms with Crippen molar-refractivity contribution in [3.05, 3.63) is 148 Å². The highest BCUT2D eigenvalue weighted by Gasteiger charge is 2.41. The summed E-state index contributed by atoms with van der Waals surface area (Å²) in [7, 11) is 2.11. The van der Waals surface area contributed by atoms with Gasteiger partial charge >= 0.3 is 0 Å². The second-order valence-corrected chi connectivity index (χ2v) is 12.2. The predicted octanol–water partition coefficient (Wildman–Crippen LogP) is 8.13. The first-order valence-corrected chi connectivity index (χ1v) is 14.6. The Labute approximate surface area is 244 Å². The number of benzene rings is 4. The summed E-state index contributed by atoms with van der Waals surface area (Å²) in [5.41, 5.74) is 11.1. The summed E-state index contributed by atoms with van der Waals surface area (Å²) in [5.74, 6) is 0.0168. The van der Waals surface area contributed by atoms with E-state index >= 15 is 0 Å². The minimum absolute atomic E-state index is 0.0775. The molecule has 2 aliphatic rings. The molecule has 1 aliphatic heterocycles. The van der Waals surface area contributed by atoms with E-state index in [2.05, 4.69) is 119 Å². The van der Waals surface area contributed by atoms with Gasteiger partial charge in [-0.05, 0) is 72.1 Å². The molecular weight excluding hydrogens is 500 g/mol. The molecule has 0 radical (unpaired) electrons. The number of carbonyl (C=O) groups is 1. The molecule has 0 bridgehead atoms. The van der Waals surface area contributed by atoms with Crippen LogP contribution in [-0.2, 0) is 23.1 Å². The molecular formula is C38H38N2O. The smallest absolute Gasteiger partial charge is 0.185 e. The zero-order valence-corrected chi connectivity index (χ0v) is 24.7. The van der Waals surface area contributed by atoms with Crippen LogP contribution in [0.4, 0.5) is 5.69 Å². The fraction of sp³-hybridized carbons (Fsp3) is 0.263. The topological polar surface area (TPSA) is 32.7 Å². The molecule has 1 aliphatic carbocycles. The molecule has 41 heavy (non-hydrogen) atoms. The number of likely N-dealkylation sites (N-methyl/N-ethyl adjacent to an activating group) is 1. The Balaban J connectivity index is 1.46. The summed E-state index contributed by atoms with van der Waals surface area (Å²) in [6.07, 6.45) is 3.46. The van der Waals surface area contributed by atoms with E-state index in [1.165, 1.54) is 39.1 Å². The lowest BCUT2D eigenvalue weighted by molar-refractivity contribution is -0.117. The number of allylic oxidation sites excluding steroid dienone is 1. The lowest BCUT2D eigenvalue weighted by Gasteiger charge is -2.34. The standard InChI is InChI=1S/C38H38N2O/c1-25-20-33-34(21-26(25)2)40(5)35(38(33,3)4)24-39-36-30-19-13-12-18-29(30)31(22-27-14-8-6-9-15-27)32(37(36)41)23-28-16-10-7-11-17-28/h6-21,24,31-32H,22-23H2,1-5H3/b35-24-,39-36?. The fourth-order valence-electron chi connectivity index (χ4n) is 6.74. The maximum atomic E-state index is 14.5. The van der Waals surface area contributed by atoms with Gasteiger partial charge in [-0.1, -0.05) is 105 Å². The molecule has 2 atom stereocenters. The average Bonchev–Trinajstić information content (AvgIpc) is 3.15. The third kappa shape index (κ3) is 4.84. The van der Waals surface area contributed by atoms with Gasteiger partial charge in [0.05, 0.1) is 0 Å². The van der Waals surface area contributed by atoms with Gasteiger partial charge in [0.15, 0.2) is 5.78 Å². The zero-order chi connectivity index (χ0) is 28.7. The van der Waals surface area contributed by atoms with Crippen LogP contribution in [-0.4, -0.2) is 18.5 Å². The number of aryl methyl sites for hydroxylation is 2. The maximum absolute atomic E-state index is 14.5. The lowest BCUT2D eigenvalue weighted by Crippen LogP contribution is -2.38. The van der Waals surface area contributed by atoms with E-state index < -0.39 is 0 Å². The van der Waals surface area contributed by atoms with Crippen molar-refractivity contribution in [3.63, 3.8) is 0 Å². The van der Waals surface area contributed by atoms with Gasteiger partial charge in [-0.3, -0.25) is 9.79 Å². The molecule has 4 aromatic carbocycles. The molecule has 0 saturated carbocycles. The number of ketones is 1. The van der Waals surface area contributed by atoms with Gasteiger partial charge in [0, 0.05) is 41.5 Å². The predicted molar refractivity (Wildman–Crippen MR) is 170 cm³/mol. The number of nitrogens with zero attached hydrogens (tertiary/aromatic N) is 2. The summed E-state index contributed by atoms with van der Waals surface area (Å²) in [6, 6.07) is 33.9. The minimum Gasteiger partial charge on any atom is -0.346 e. The lowest BCUT2D eigenvalue weighted by atomic mass is 9.69. The number of hydrogen-bond acceptors (Lipinski definition) is 3. The van der Waals surface area contributed by atoms with Gasteiger partial charge in [0.2, 0.25) is 0 Å². The molecule has 0 saturated heterocycles. The van der Waals surface area contributed by atoms with Crippen LogP contribution >= 0.6 is 0 Å². The molecule has 0 aromatic heterocycles. The average molecular weight is 539 g/mol. The van der Waals surface area contributed by atoms with Crippen LogP contribution < -0.4 is 4.90 Å². The van der Waals surface area contributed by atoms with Crippen LogP contribution in [0.15, 0.2) is 114 Å². The third-order valence-electron chi connectivity index (χ3n) is 9.23. The van der Waals surface area contributed by atoms with E-state index in [1.807, 2.05) is 24.4 Å². The summed E-state index contributed by atoms with van der Waals surface area (Å²) in [4.78, 5) is 21.8. The van der Waals surface area contributed by atoms with E-state index in [4.69, 9.17) is 4.99 Å². The van der Waals surface area contributed by atoms with Crippen molar-refractivity contribution in [1.29, 1.82) is 0 Å². The number of rotatable bonds is 5. The molecule has 1 heterocycles. The summed E-state index contributed by atoms with van der Waals surface area (Å²) < 4.78 is 0. The van der Waals surface area contributed by atoms with E-state index in [0.717, 1.165) is 17.7 Å². The summed E-state index contributed by atoms with van der Waals surface area (Å²) in [5, 5.41) is 0. The number of aliphatic imine (C=N–C) groups is 1. The van der Waals surface area contributed by atoms with Crippen LogP contribution in [0.3, 0.4) is 0 Å². The highest BCUT2D eigenvalue weighted by atomic mass is 16.1. The normalized spacial score (nSPS) is 21.3. The third-order valence-corrected chi connectivity index (χ3v) is 9.23. The molecule has 2 unspecified atom stereocenters. The van der Waals surface area contributed by atoms with Crippen LogP contribution in [0.2, 0.25) is 0 Å². The molecule has 4 aromatic rings. The zero-order valence-electron chi connectivity index (χ0n) is 24.7. The van der Waals surface area contributed by atoms with Crippen LogP contribution in [0.1, 0.15) is 58.7 Å². The largest absolute Gasteiger partial charge is 0.346 e. The maximum Gasteiger partial charge on any atom is 0.185 e. The van der Waals surface area contributed by atoms with Crippen LogP contribution in [0.25, 0.3) is 0 Å². The van der Waals surface area contributed by atoms with Gasteiger partial charge < -0.3 is 4.90 Å². The van der Waals surface area contributed by atoms with Crippen molar-refractivity contribution < 1.29 is 4.79 Å². The molecule has 0 spiro atoms. The van der Waals surface area contributed by atoms with Crippen molar-refractivity contribution >= 4 is 17.2 Å². The molecule has 3 heteroatoms. The molecule has 0 N–H and O–H groups in total. The molecule has 3 nitrogen and oxygen atoms in total. The Bertz CT molecular complexity index is 1660. The number of anilines is 1. The first-order chi connectivity index (χ1) is 19.8. The first kappa shape index (κ1) is 27.0. The van der Waals surface area contributed by atoms with Crippen LogP contribution in [0.5, 0.6) is 0 Å². The van der Waals surface area contributed by atoms with Crippen LogP contribution in [0, 0.1) is 19.8 Å². The number of fused-ring (bicyclic) bond motifs is 2. The first-order valence-electron chi connectivity index (χ1n) is 14.6. The van der Waals surface area contributed by atoms with Gasteiger partial charge in [-0.15, -0.1) is 0 Å². The van der Waals surface area contributed by atoms with Gasteiger partial charge in [0.1, 0.15) is 5.71 Å². The minimum atomic E-state index is -0.219. The van der Waals surface area contributed by atoms with Crippen molar-refractivity contribution in [2.75, 3.05) is 11.9 Å². The Hall–Kier alpha value is -4.24. The highest BCUT2D eigenvalue weighted by molar-refractivity contribution is 6.48. The van der Waals surface area contributed by atoms with E-state index in [1.54, 1.807) is 0 Å². The molecule has 6 rings (SSSR count). The van der Waals surface area contributed by atoms with E-state index in [9.17, 15) is 4.79 Å². The Kier molecular flexibility index (Phi) is 6.99. The Morgan fingerprint density at radius 1 is 0.780 bits per heavy atom. The summed E-state index contributed by atoms with van der Waals surface area (Å²) in [6.45, 7) is 8.83. The second kappa shape index (κ2) is 10.6. The van der Waals surface area contributed by atoms with Crippen molar-refractivity contribution in [2.45, 2.75) is 51.9 Å². The van der Waals surface area contributed by atoms with Crippen molar-refractivity contribution in [2.24, 2.45) is 10.9 Å². The monoisotopic (exact) mass is 538 g/mol. The van der Waals surface area contributed by atoms with Crippen molar-refractivity contribution in [3.8, 4) is 0 Å². The quantitative estimate of drug-likeness (QED) is 0.257. The van der Waals surface area contributed by atoms with E-state index in [-0.39, 0.29) is 23.0 Å². The SMILES string of the molecule is Cc1cc2c(cc1C)C(C)(C)/C(=C/N=C1C(=O)C(Cc3ccccc3)C(Cc3ccccc3)c3ccccc31)N2C. The van der Waals surface area contributed by atoms with Crippen molar-refractivity contribution in [1.82, 2.24) is 0 Å². The highest BCUT2D eigenvalue weighted by Crippen LogP contribution is 2.48. The summed E-state index contributed by atoms with van der Waals surface area (Å²) >= 11 is 0. The Morgan fingerprint density at radius 2 is 1.34 bits per heavy atom. The van der Waals surface area contributed by atoms with E-state index in [0.29, 0.717) is 12.1 Å². The Morgan fingerprint density at radius 3 is 2.00 bits per heavy atom. The fourth-order valence-corrected chi connectivity index (χ4v) is 6.74. The number of carbonyl (C=O) groups excluding carboxylic acids is 1. The van der Waals surface area contributed by atoms with Gasteiger partial charge in [0.25, 0.3) is 0 Å². The molecule has 0 fully saturated rings. The second-order valence-electron chi connectivity index (χ2n) is 12.2. The number of hydrogen-bond donors (Lipinski definition) is 0. The molecule has 206 valence electrons.